The predicted octanol–water partition coefficient (Wildman–Crippen LogP) is 1.37. The smallest absolute Gasteiger partial charge is 0.290 e. The number of amides is 1. The van der Waals surface area contributed by atoms with Crippen molar-refractivity contribution in [1.82, 2.24) is 15.0 Å². The van der Waals surface area contributed by atoms with E-state index in [4.69, 9.17) is 29.0 Å². The zero-order valence-corrected chi connectivity index (χ0v) is 11.7. The van der Waals surface area contributed by atoms with Crippen LogP contribution in [-0.2, 0) is 4.79 Å². The van der Waals surface area contributed by atoms with Crippen LogP contribution < -0.4 is 16.5 Å². The molecule has 9 heteroatoms. The van der Waals surface area contributed by atoms with Crippen LogP contribution in [-0.4, -0.2) is 20.9 Å². The summed E-state index contributed by atoms with van der Waals surface area (Å²) in [6, 6.07) is 4.66. The van der Waals surface area contributed by atoms with E-state index in [-0.39, 0.29) is 11.8 Å². The Morgan fingerprint density at radius 1 is 1.25 bits per heavy atom. The standard InChI is InChI=1S/C11H9Cl2N5O2/c1-5(19)18(14)10-15-9(16-11(20)17-10)6-2-7(12)4-8(13)3-6/h2-4H,14H2,1H3,(H,15,16,17,20). The molecule has 0 aliphatic carbocycles. The van der Waals surface area contributed by atoms with Crippen LogP contribution in [0.5, 0.6) is 0 Å². The highest BCUT2D eigenvalue weighted by Crippen LogP contribution is 2.24. The molecule has 0 fully saturated rings. The van der Waals surface area contributed by atoms with Crippen molar-refractivity contribution >= 4 is 35.1 Å². The average Bonchev–Trinajstić information content (AvgIpc) is 2.35. The van der Waals surface area contributed by atoms with Gasteiger partial charge in [-0.25, -0.2) is 15.6 Å². The van der Waals surface area contributed by atoms with Crippen molar-refractivity contribution in [2.75, 3.05) is 5.01 Å². The number of benzene rings is 1. The molecule has 2 aromatic rings. The molecule has 0 saturated heterocycles. The Morgan fingerprint density at radius 2 is 1.85 bits per heavy atom. The molecular formula is C11H9Cl2N5O2. The van der Waals surface area contributed by atoms with E-state index in [0.29, 0.717) is 20.6 Å². The van der Waals surface area contributed by atoms with Gasteiger partial charge in [0, 0.05) is 22.5 Å². The number of rotatable bonds is 2. The Morgan fingerprint density at radius 3 is 2.40 bits per heavy atom. The van der Waals surface area contributed by atoms with Gasteiger partial charge >= 0.3 is 5.69 Å². The maximum Gasteiger partial charge on any atom is 0.349 e. The fraction of sp³-hybridized carbons (Fsp3) is 0.0909. The highest BCUT2D eigenvalue weighted by molar-refractivity contribution is 6.35. The summed E-state index contributed by atoms with van der Waals surface area (Å²) in [5, 5.41) is 1.43. The quantitative estimate of drug-likeness (QED) is 0.495. The molecule has 0 radical (unpaired) electrons. The number of hydrogen-bond donors (Lipinski definition) is 2. The molecule has 0 saturated carbocycles. The van der Waals surface area contributed by atoms with Crippen molar-refractivity contribution in [2.24, 2.45) is 5.84 Å². The van der Waals surface area contributed by atoms with Gasteiger partial charge in [0.05, 0.1) is 0 Å². The summed E-state index contributed by atoms with van der Waals surface area (Å²) >= 11 is 11.8. The van der Waals surface area contributed by atoms with Crippen molar-refractivity contribution < 1.29 is 4.79 Å². The maximum atomic E-state index is 11.5. The highest BCUT2D eigenvalue weighted by atomic mass is 35.5. The van der Waals surface area contributed by atoms with Crippen molar-refractivity contribution in [3.05, 3.63) is 38.7 Å². The monoisotopic (exact) mass is 313 g/mol. The normalized spacial score (nSPS) is 10.4. The lowest BCUT2D eigenvalue weighted by molar-refractivity contribution is -0.116. The maximum absolute atomic E-state index is 11.5. The second-order valence-corrected chi connectivity index (χ2v) is 4.72. The van der Waals surface area contributed by atoms with Gasteiger partial charge in [0.2, 0.25) is 5.91 Å². The van der Waals surface area contributed by atoms with Gasteiger partial charge in [-0.2, -0.15) is 9.97 Å². The minimum atomic E-state index is -0.696. The molecule has 2 rings (SSSR count). The number of nitrogens with zero attached hydrogens (tertiary/aromatic N) is 3. The van der Waals surface area contributed by atoms with Gasteiger partial charge in [0.1, 0.15) is 5.82 Å². The Balaban J connectivity index is 2.57. The molecule has 3 N–H and O–H groups in total. The third-order valence-electron chi connectivity index (χ3n) is 2.33. The van der Waals surface area contributed by atoms with E-state index in [0.717, 1.165) is 0 Å². The second kappa shape index (κ2) is 5.58. The van der Waals surface area contributed by atoms with Crippen LogP contribution in [0.2, 0.25) is 10.0 Å². The molecule has 1 amide bonds. The molecule has 0 spiro atoms. The van der Waals surface area contributed by atoms with Crippen LogP contribution in [0.1, 0.15) is 6.92 Å². The summed E-state index contributed by atoms with van der Waals surface area (Å²) in [4.78, 5) is 32.6. The SMILES string of the molecule is CC(=O)N(N)c1nc(-c2cc(Cl)cc(Cl)c2)[nH]c(=O)n1. The van der Waals surface area contributed by atoms with E-state index < -0.39 is 11.6 Å². The lowest BCUT2D eigenvalue weighted by Gasteiger charge is -2.12. The van der Waals surface area contributed by atoms with Crippen LogP contribution in [0, 0.1) is 0 Å². The largest absolute Gasteiger partial charge is 0.349 e. The van der Waals surface area contributed by atoms with E-state index in [1.807, 2.05) is 0 Å². The minimum absolute atomic E-state index is 0.154. The van der Waals surface area contributed by atoms with E-state index in [1.54, 1.807) is 12.1 Å². The number of anilines is 1. The molecule has 1 aromatic carbocycles. The molecule has 1 aromatic heterocycles. The Hall–Kier alpha value is -1.96. The van der Waals surface area contributed by atoms with Gasteiger partial charge in [-0.15, -0.1) is 0 Å². The van der Waals surface area contributed by atoms with Crippen LogP contribution in [0.25, 0.3) is 11.4 Å². The third kappa shape index (κ3) is 3.13. The first kappa shape index (κ1) is 14.4. The van der Waals surface area contributed by atoms with E-state index >= 15 is 0 Å². The summed E-state index contributed by atoms with van der Waals surface area (Å²) in [6.07, 6.45) is 0. The zero-order valence-electron chi connectivity index (χ0n) is 10.2. The van der Waals surface area contributed by atoms with Gasteiger partial charge in [-0.1, -0.05) is 23.2 Å². The fourth-order valence-electron chi connectivity index (χ4n) is 1.45. The first-order valence-corrected chi connectivity index (χ1v) is 6.12. The fourth-order valence-corrected chi connectivity index (χ4v) is 1.97. The van der Waals surface area contributed by atoms with Crippen molar-refractivity contribution in [3.63, 3.8) is 0 Å². The Bertz CT molecular complexity index is 711. The van der Waals surface area contributed by atoms with Crippen LogP contribution in [0.4, 0.5) is 5.95 Å². The van der Waals surface area contributed by atoms with E-state index in [2.05, 4.69) is 15.0 Å². The summed E-state index contributed by atoms with van der Waals surface area (Å²) in [5.74, 6) is 4.90. The molecule has 20 heavy (non-hydrogen) atoms. The lowest BCUT2D eigenvalue weighted by Crippen LogP contribution is -2.38. The summed E-state index contributed by atoms with van der Waals surface area (Å²) < 4.78 is 0. The number of aromatic amines is 1. The average molecular weight is 314 g/mol. The molecule has 0 atom stereocenters. The van der Waals surface area contributed by atoms with Crippen LogP contribution >= 0.6 is 23.2 Å². The Labute approximate surface area is 123 Å². The number of aromatic nitrogens is 3. The highest BCUT2D eigenvalue weighted by Gasteiger charge is 2.13. The third-order valence-corrected chi connectivity index (χ3v) is 2.77. The van der Waals surface area contributed by atoms with E-state index in [1.165, 1.54) is 13.0 Å². The molecule has 0 aliphatic rings. The second-order valence-electron chi connectivity index (χ2n) is 3.85. The lowest BCUT2D eigenvalue weighted by atomic mass is 10.2. The summed E-state index contributed by atoms with van der Waals surface area (Å²) in [7, 11) is 0. The predicted molar refractivity (Wildman–Crippen MR) is 75.5 cm³/mol. The number of carbonyl (C=O) groups excluding carboxylic acids is 1. The number of halogens is 2. The number of H-pyrrole nitrogens is 1. The minimum Gasteiger partial charge on any atom is -0.290 e. The van der Waals surface area contributed by atoms with Crippen molar-refractivity contribution in [1.29, 1.82) is 0 Å². The number of nitrogens with one attached hydrogen (secondary N) is 1. The van der Waals surface area contributed by atoms with Gasteiger partial charge in [0.15, 0.2) is 0 Å². The van der Waals surface area contributed by atoms with Crippen LogP contribution in [0.15, 0.2) is 23.0 Å². The molecule has 0 aliphatic heterocycles. The van der Waals surface area contributed by atoms with Gasteiger partial charge in [0.25, 0.3) is 5.95 Å². The van der Waals surface area contributed by atoms with Crippen molar-refractivity contribution in [2.45, 2.75) is 6.92 Å². The van der Waals surface area contributed by atoms with E-state index in [9.17, 15) is 9.59 Å². The number of hydrogen-bond acceptors (Lipinski definition) is 5. The first-order chi connectivity index (χ1) is 9.36. The molecule has 0 unspecified atom stereocenters. The molecular weight excluding hydrogens is 305 g/mol. The molecule has 7 nitrogen and oxygen atoms in total. The molecule has 0 bridgehead atoms. The van der Waals surface area contributed by atoms with Gasteiger partial charge in [-0.3, -0.25) is 9.78 Å². The molecule has 104 valence electrons. The first-order valence-electron chi connectivity index (χ1n) is 5.37. The zero-order chi connectivity index (χ0) is 14.9. The number of carbonyl (C=O) groups is 1. The topological polar surface area (TPSA) is 105 Å². The van der Waals surface area contributed by atoms with Crippen molar-refractivity contribution in [3.8, 4) is 11.4 Å². The van der Waals surface area contributed by atoms with Gasteiger partial charge < -0.3 is 0 Å². The summed E-state index contributed by atoms with van der Waals surface area (Å²) in [6.45, 7) is 1.22. The van der Waals surface area contributed by atoms with Crippen LogP contribution in [0.3, 0.4) is 0 Å². The number of nitrogens with two attached hydrogens (primary N) is 1. The Kier molecular flexibility index (Phi) is 4.03. The number of hydrazine groups is 1. The molecule has 1 heterocycles. The van der Waals surface area contributed by atoms with Gasteiger partial charge in [-0.05, 0) is 18.2 Å². The summed E-state index contributed by atoms with van der Waals surface area (Å²) in [5.41, 5.74) is -0.224.